The standard InChI is InChI=1S/C12H11ClN2/c13-10-6-7-11(15-8-10)12(14)9-4-2-1-3-5-9/h1-8,12H,14H2. The second-order valence-electron chi connectivity index (χ2n) is 3.29. The number of hydrogen-bond acceptors (Lipinski definition) is 2. The molecule has 0 spiro atoms. The summed E-state index contributed by atoms with van der Waals surface area (Å²) in [5, 5.41) is 0.624. The molecule has 15 heavy (non-hydrogen) atoms. The second kappa shape index (κ2) is 4.43. The van der Waals surface area contributed by atoms with Crippen molar-refractivity contribution in [2.24, 2.45) is 5.73 Å². The topological polar surface area (TPSA) is 38.9 Å². The van der Waals surface area contributed by atoms with Crippen molar-refractivity contribution in [3.05, 3.63) is 64.9 Å². The highest BCUT2D eigenvalue weighted by Crippen LogP contribution is 2.18. The largest absolute Gasteiger partial charge is 0.319 e. The molecule has 0 saturated carbocycles. The number of hydrogen-bond donors (Lipinski definition) is 1. The lowest BCUT2D eigenvalue weighted by Gasteiger charge is -2.10. The molecule has 0 aliphatic rings. The molecule has 1 aromatic carbocycles. The zero-order valence-corrected chi connectivity index (χ0v) is 8.85. The molecule has 2 nitrogen and oxygen atoms in total. The summed E-state index contributed by atoms with van der Waals surface area (Å²) in [4.78, 5) is 4.20. The van der Waals surface area contributed by atoms with Crippen molar-refractivity contribution in [2.45, 2.75) is 6.04 Å². The van der Waals surface area contributed by atoms with Crippen LogP contribution in [0.3, 0.4) is 0 Å². The number of rotatable bonds is 2. The average molecular weight is 219 g/mol. The Morgan fingerprint density at radius 3 is 2.40 bits per heavy atom. The smallest absolute Gasteiger partial charge is 0.0726 e. The molecular formula is C12H11ClN2. The molecule has 0 aliphatic carbocycles. The van der Waals surface area contributed by atoms with Gasteiger partial charge in [-0.05, 0) is 17.7 Å². The predicted octanol–water partition coefficient (Wildman–Crippen LogP) is 2.78. The van der Waals surface area contributed by atoms with Gasteiger partial charge in [0.25, 0.3) is 0 Å². The minimum Gasteiger partial charge on any atom is -0.319 e. The molecule has 0 aliphatic heterocycles. The van der Waals surface area contributed by atoms with Gasteiger partial charge in [-0.15, -0.1) is 0 Å². The molecule has 0 saturated heterocycles. The summed E-state index contributed by atoms with van der Waals surface area (Å²) >= 11 is 5.76. The van der Waals surface area contributed by atoms with Crippen LogP contribution in [0.1, 0.15) is 17.3 Å². The molecular weight excluding hydrogens is 208 g/mol. The van der Waals surface area contributed by atoms with Gasteiger partial charge in [-0.2, -0.15) is 0 Å². The normalized spacial score (nSPS) is 12.4. The highest BCUT2D eigenvalue weighted by Gasteiger charge is 2.08. The van der Waals surface area contributed by atoms with Gasteiger partial charge in [-0.3, -0.25) is 4.98 Å². The third-order valence-corrected chi connectivity index (χ3v) is 2.45. The van der Waals surface area contributed by atoms with E-state index < -0.39 is 0 Å². The molecule has 76 valence electrons. The highest BCUT2D eigenvalue weighted by atomic mass is 35.5. The van der Waals surface area contributed by atoms with Gasteiger partial charge in [0, 0.05) is 6.20 Å². The van der Waals surface area contributed by atoms with Crippen molar-refractivity contribution < 1.29 is 0 Å². The van der Waals surface area contributed by atoms with Crippen molar-refractivity contribution >= 4 is 11.6 Å². The minimum absolute atomic E-state index is 0.191. The van der Waals surface area contributed by atoms with Crippen LogP contribution < -0.4 is 5.73 Å². The monoisotopic (exact) mass is 218 g/mol. The molecule has 2 rings (SSSR count). The van der Waals surface area contributed by atoms with Crippen LogP contribution in [0.15, 0.2) is 48.7 Å². The molecule has 1 atom stereocenters. The van der Waals surface area contributed by atoms with Gasteiger partial charge in [0.2, 0.25) is 0 Å². The summed E-state index contributed by atoms with van der Waals surface area (Å²) in [5.74, 6) is 0. The van der Waals surface area contributed by atoms with Crippen LogP contribution in [0.5, 0.6) is 0 Å². The van der Waals surface area contributed by atoms with E-state index in [1.54, 1.807) is 12.3 Å². The van der Waals surface area contributed by atoms with E-state index in [0.717, 1.165) is 11.3 Å². The molecule has 1 aromatic heterocycles. The van der Waals surface area contributed by atoms with E-state index >= 15 is 0 Å². The Morgan fingerprint density at radius 2 is 1.80 bits per heavy atom. The summed E-state index contributed by atoms with van der Waals surface area (Å²) in [6.45, 7) is 0. The maximum absolute atomic E-state index is 6.06. The molecule has 1 heterocycles. The van der Waals surface area contributed by atoms with Crippen LogP contribution in [0.25, 0.3) is 0 Å². The van der Waals surface area contributed by atoms with Crippen molar-refractivity contribution in [3.63, 3.8) is 0 Å². The maximum atomic E-state index is 6.06. The van der Waals surface area contributed by atoms with Gasteiger partial charge in [0.1, 0.15) is 0 Å². The number of nitrogens with zero attached hydrogens (tertiary/aromatic N) is 1. The number of benzene rings is 1. The van der Waals surface area contributed by atoms with Crippen LogP contribution in [0, 0.1) is 0 Å². The SMILES string of the molecule is NC(c1ccccc1)c1ccc(Cl)cn1. The van der Waals surface area contributed by atoms with E-state index in [4.69, 9.17) is 17.3 Å². The van der Waals surface area contributed by atoms with Gasteiger partial charge >= 0.3 is 0 Å². The fourth-order valence-electron chi connectivity index (χ4n) is 1.40. The molecule has 0 bridgehead atoms. The fraction of sp³-hybridized carbons (Fsp3) is 0.0833. The third-order valence-electron chi connectivity index (χ3n) is 2.23. The quantitative estimate of drug-likeness (QED) is 0.842. The Labute approximate surface area is 93.7 Å². The van der Waals surface area contributed by atoms with Crippen LogP contribution >= 0.6 is 11.6 Å². The maximum Gasteiger partial charge on any atom is 0.0726 e. The Bertz CT molecular complexity index is 425. The van der Waals surface area contributed by atoms with E-state index in [0.29, 0.717) is 5.02 Å². The van der Waals surface area contributed by atoms with Gasteiger partial charge in [-0.1, -0.05) is 41.9 Å². The van der Waals surface area contributed by atoms with Crippen molar-refractivity contribution in [2.75, 3.05) is 0 Å². The van der Waals surface area contributed by atoms with E-state index in [9.17, 15) is 0 Å². The first-order valence-corrected chi connectivity index (χ1v) is 5.07. The zero-order chi connectivity index (χ0) is 10.7. The lowest BCUT2D eigenvalue weighted by Crippen LogP contribution is -2.12. The Kier molecular flexibility index (Phi) is 2.99. The Morgan fingerprint density at radius 1 is 1.07 bits per heavy atom. The number of nitrogens with two attached hydrogens (primary N) is 1. The summed E-state index contributed by atoms with van der Waals surface area (Å²) in [5.41, 5.74) is 7.93. The molecule has 2 N–H and O–H groups in total. The molecule has 0 fully saturated rings. The fourth-order valence-corrected chi connectivity index (χ4v) is 1.51. The average Bonchev–Trinajstić information content (AvgIpc) is 2.30. The van der Waals surface area contributed by atoms with Gasteiger partial charge in [-0.25, -0.2) is 0 Å². The summed E-state index contributed by atoms with van der Waals surface area (Å²) in [6.07, 6.45) is 1.61. The Hall–Kier alpha value is -1.38. The number of aromatic nitrogens is 1. The van der Waals surface area contributed by atoms with Crippen molar-refractivity contribution in [3.8, 4) is 0 Å². The number of halogens is 1. The van der Waals surface area contributed by atoms with Gasteiger partial charge in [0.15, 0.2) is 0 Å². The summed E-state index contributed by atoms with van der Waals surface area (Å²) in [6, 6.07) is 13.3. The first-order chi connectivity index (χ1) is 7.27. The molecule has 3 heteroatoms. The van der Waals surface area contributed by atoms with Crippen LogP contribution in [0.2, 0.25) is 5.02 Å². The van der Waals surface area contributed by atoms with Gasteiger partial charge in [0.05, 0.1) is 16.8 Å². The van der Waals surface area contributed by atoms with E-state index in [2.05, 4.69) is 4.98 Å². The van der Waals surface area contributed by atoms with Crippen molar-refractivity contribution in [1.29, 1.82) is 0 Å². The van der Waals surface area contributed by atoms with Crippen LogP contribution in [-0.2, 0) is 0 Å². The molecule has 0 amide bonds. The number of pyridine rings is 1. The molecule has 2 aromatic rings. The second-order valence-corrected chi connectivity index (χ2v) is 3.73. The first-order valence-electron chi connectivity index (χ1n) is 4.69. The molecule has 1 unspecified atom stereocenters. The van der Waals surface area contributed by atoms with Crippen LogP contribution in [0.4, 0.5) is 0 Å². The van der Waals surface area contributed by atoms with Crippen molar-refractivity contribution in [1.82, 2.24) is 4.98 Å². The summed E-state index contributed by atoms with van der Waals surface area (Å²) < 4.78 is 0. The highest BCUT2D eigenvalue weighted by molar-refractivity contribution is 6.30. The summed E-state index contributed by atoms with van der Waals surface area (Å²) in [7, 11) is 0. The zero-order valence-electron chi connectivity index (χ0n) is 8.10. The van der Waals surface area contributed by atoms with Crippen LogP contribution in [-0.4, -0.2) is 4.98 Å². The predicted molar refractivity (Wildman–Crippen MR) is 61.7 cm³/mol. The first kappa shape index (κ1) is 10.1. The molecule has 0 radical (unpaired) electrons. The minimum atomic E-state index is -0.191. The Balaban J connectivity index is 2.29. The van der Waals surface area contributed by atoms with Gasteiger partial charge < -0.3 is 5.73 Å². The van der Waals surface area contributed by atoms with E-state index in [-0.39, 0.29) is 6.04 Å². The van der Waals surface area contributed by atoms with E-state index in [1.807, 2.05) is 36.4 Å². The third kappa shape index (κ3) is 2.35. The lowest BCUT2D eigenvalue weighted by molar-refractivity contribution is 0.829. The lowest BCUT2D eigenvalue weighted by atomic mass is 10.0. The van der Waals surface area contributed by atoms with E-state index in [1.165, 1.54) is 0 Å².